The predicted molar refractivity (Wildman–Crippen MR) is 135 cm³/mol. The fourth-order valence-corrected chi connectivity index (χ4v) is 5.26. The molecule has 2 nitrogen and oxygen atoms in total. The van der Waals surface area contributed by atoms with Crippen molar-refractivity contribution in [3.05, 3.63) is 35.9 Å². The Morgan fingerprint density at radius 2 is 1.19 bits per heavy atom. The fourth-order valence-electron chi connectivity index (χ4n) is 5.26. The summed E-state index contributed by atoms with van der Waals surface area (Å²) in [5, 5.41) is 11.9. The Balaban J connectivity index is 1.38. The maximum atomic E-state index is 10.3. The second-order valence-corrected chi connectivity index (χ2v) is 10.0. The van der Waals surface area contributed by atoms with Crippen molar-refractivity contribution >= 4 is 0 Å². The zero-order chi connectivity index (χ0) is 22.0. The third-order valence-electron chi connectivity index (χ3n) is 7.35. The number of nitrogens with zero attached hydrogens (tertiary/aromatic N) is 1. The topological polar surface area (TPSA) is 23.5 Å². The third kappa shape index (κ3) is 12.1. The Morgan fingerprint density at radius 1 is 0.710 bits per heavy atom. The monoisotopic (exact) mass is 429 g/mol. The van der Waals surface area contributed by atoms with Gasteiger partial charge in [0.1, 0.15) is 0 Å². The van der Waals surface area contributed by atoms with Crippen LogP contribution in [0.1, 0.15) is 140 Å². The average molecular weight is 430 g/mol. The van der Waals surface area contributed by atoms with E-state index in [4.69, 9.17) is 0 Å². The number of hydrogen-bond donors (Lipinski definition) is 1. The molecule has 1 N–H and O–H groups in total. The molecule has 1 aliphatic rings. The molecule has 1 fully saturated rings. The van der Waals surface area contributed by atoms with Crippen molar-refractivity contribution in [2.75, 3.05) is 6.54 Å². The van der Waals surface area contributed by atoms with Crippen LogP contribution in [0, 0.1) is 0 Å². The van der Waals surface area contributed by atoms with Gasteiger partial charge in [-0.15, -0.1) is 0 Å². The van der Waals surface area contributed by atoms with E-state index >= 15 is 0 Å². The summed E-state index contributed by atoms with van der Waals surface area (Å²) in [6.45, 7) is 3.12. The van der Waals surface area contributed by atoms with Crippen LogP contribution in [0.15, 0.2) is 30.3 Å². The van der Waals surface area contributed by atoms with Crippen molar-refractivity contribution in [1.82, 2.24) is 5.06 Å². The van der Waals surface area contributed by atoms with Gasteiger partial charge in [0.25, 0.3) is 0 Å². The van der Waals surface area contributed by atoms with Crippen LogP contribution in [-0.4, -0.2) is 22.9 Å². The molecule has 1 saturated heterocycles. The smallest absolute Gasteiger partial charge is 0.0356 e. The summed E-state index contributed by atoms with van der Waals surface area (Å²) < 4.78 is 0. The summed E-state index contributed by atoms with van der Waals surface area (Å²) in [6, 6.07) is 11.2. The van der Waals surface area contributed by atoms with Crippen LogP contribution in [0.5, 0.6) is 0 Å². The molecule has 0 unspecified atom stereocenters. The highest BCUT2D eigenvalue weighted by Crippen LogP contribution is 2.32. The Hall–Kier alpha value is -0.860. The average Bonchev–Trinajstić information content (AvgIpc) is 2.80. The molecule has 1 aromatic carbocycles. The first kappa shape index (κ1) is 26.4. The van der Waals surface area contributed by atoms with Crippen molar-refractivity contribution in [1.29, 1.82) is 0 Å². The highest BCUT2D eigenvalue weighted by atomic mass is 16.5. The first-order valence-electron chi connectivity index (χ1n) is 13.8. The van der Waals surface area contributed by atoms with Crippen LogP contribution >= 0.6 is 0 Å². The predicted octanol–water partition coefficient (Wildman–Crippen LogP) is 9.28. The first-order valence-corrected chi connectivity index (χ1v) is 13.8. The maximum Gasteiger partial charge on any atom is 0.0356 e. The molecule has 0 aliphatic carbocycles. The van der Waals surface area contributed by atoms with E-state index in [0.29, 0.717) is 12.0 Å². The van der Waals surface area contributed by atoms with Gasteiger partial charge in [-0.1, -0.05) is 140 Å². The van der Waals surface area contributed by atoms with Gasteiger partial charge in [0, 0.05) is 12.6 Å². The first-order chi connectivity index (χ1) is 15.3. The van der Waals surface area contributed by atoms with E-state index in [9.17, 15) is 5.21 Å². The van der Waals surface area contributed by atoms with E-state index in [1.165, 1.54) is 108 Å². The minimum atomic E-state index is 0.352. The molecular formula is C29H51NO. The SMILES string of the molecule is CCCCCCCCCCCCCCCCCC[C@@H]1C[C@H](c2ccccc2)CCN1O. The van der Waals surface area contributed by atoms with E-state index in [0.717, 1.165) is 25.8 Å². The number of benzene rings is 1. The van der Waals surface area contributed by atoms with Gasteiger partial charge in [-0.2, -0.15) is 5.06 Å². The van der Waals surface area contributed by atoms with Gasteiger partial charge < -0.3 is 5.21 Å². The van der Waals surface area contributed by atoms with E-state index in [1.807, 2.05) is 0 Å². The lowest BCUT2D eigenvalue weighted by Crippen LogP contribution is -2.39. The highest BCUT2D eigenvalue weighted by Gasteiger charge is 2.27. The summed E-state index contributed by atoms with van der Waals surface area (Å²) in [5.74, 6) is 0.621. The normalized spacial score (nSPS) is 19.7. The third-order valence-corrected chi connectivity index (χ3v) is 7.35. The minimum Gasteiger partial charge on any atom is -0.314 e. The van der Waals surface area contributed by atoms with E-state index in [1.54, 1.807) is 5.06 Å². The molecule has 0 amide bonds. The number of hydrogen-bond acceptors (Lipinski definition) is 2. The lowest BCUT2D eigenvalue weighted by Gasteiger charge is -2.35. The van der Waals surface area contributed by atoms with Crippen molar-refractivity contribution < 1.29 is 5.21 Å². The minimum absolute atomic E-state index is 0.352. The molecule has 1 aromatic rings. The van der Waals surface area contributed by atoms with Crippen LogP contribution in [0.4, 0.5) is 0 Å². The van der Waals surface area contributed by atoms with E-state index in [2.05, 4.69) is 37.3 Å². The zero-order valence-corrected chi connectivity index (χ0v) is 20.6. The molecule has 2 heteroatoms. The van der Waals surface area contributed by atoms with Crippen molar-refractivity contribution in [3.63, 3.8) is 0 Å². The largest absolute Gasteiger partial charge is 0.314 e. The van der Waals surface area contributed by atoms with Gasteiger partial charge in [-0.3, -0.25) is 0 Å². The highest BCUT2D eigenvalue weighted by molar-refractivity contribution is 5.20. The number of rotatable bonds is 18. The van der Waals surface area contributed by atoms with Gasteiger partial charge in [0.2, 0.25) is 0 Å². The van der Waals surface area contributed by atoms with Crippen LogP contribution in [0.2, 0.25) is 0 Å². The molecule has 0 radical (unpaired) electrons. The second-order valence-electron chi connectivity index (χ2n) is 10.0. The van der Waals surface area contributed by atoms with Crippen LogP contribution in [-0.2, 0) is 0 Å². The number of piperidine rings is 1. The molecule has 2 atom stereocenters. The van der Waals surface area contributed by atoms with Crippen molar-refractivity contribution in [3.8, 4) is 0 Å². The molecule has 1 heterocycles. The Labute approximate surface area is 193 Å². The lowest BCUT2D eigenvalue weighted by molar-refractivity contribution is -0.147. The molecule has 0 bridgehead atoms. The van der Waals surface area contributed by atoms with Crippen molar-refractivity contribution in [2.45, 2.75) is 141 Å². The van der Waals surface area contributed by atoms with Gasteiger partial charge in [-0.05, 0) is 30.7 Å². The Bertz CT molecular complexity index is 517. The molecular weight excluding hydrogens is 378 g/mol. The molecule has 0 saturated carbocycles. The maximum absolute atomic E-state index is 10.3. The molecule has 178 valence electrons. The van der Waals surface area contributed by atoms with Crippen LogP contribution in [0.3, 0.4) is 0 Å². The molecule has 31 heavy (non-hydrogen) atoms. The van der Waals surface area contributed by atoms with Gasteiger partial charge in [-0.25, -0.2) is 0 Å². The Kier molecular flexibility index (Phi) is 15.0. The summed E-state index contributed by atoms with van der Waals surface area (Å²) in [6.07, 6.45) is 26.0. The van der Waals surface area contributed by atoms with Crippen molar-refractivity contribution in [2.24, 2.45) is 0 Å². The standard InChI is InChI=1S/C29H51NO/c1-2-3-4-5-6-7-8-9-10-11-12-13-14-15-16-20-23-29-26-28(24-25-30(29)31)27-21-18-17-19-22-27/h17-19,21-22,28-29,31H,2-16,20,23-26H2,1H3/t28-,29-/m1/s1. The zero-order valence-electron chi connectivity index (χ0n) is 20.6. The van der Waals surface area contributed by atoms with E-state index in [-0.39, 0.29) is 0 Å². The second kappa shape index (κ2) is 17.7. The molecule has 1 aliphatic heterocycles. The summed E-state index contributed by atoms with van der Waals surface area (Å²) >= 11 is 0. The molecule has 0 spiro atoms. The Morgan fingerprint density at radius 3 is 1.71 bits per heavy atom. The number of hydroxylamine groups is 2. The van der Waals surface area contributed by atoms with Gasteiger partial charge in [0.15, 0.2) is 0 Å². The number of unbranched alkanes of at least 4 members (excludes halogenated alkanes) is 15. The van der Waals surface area contributed by atoms with Gasteiger partial charge in [0.05, 0.1) is 0 Å². The lowest BCUT2D eigenvalue weighted by atomic mass is 9.84. The molecule has 0 aromatic heterocycles. The van der Waals surface area contributed by atoms with Crippen LogP contribution < -0.4 is 0 Å². The molecule has 2 rings (SSSR count). The van der Waals surface area contributed by atoms with Crippen LogP contribution in [0.25, 0.3) is 0 Å². The van der Waals surface area contributed by atoms with E-state index < -0.39 is 0 Å². The quantitative estimate of drug-likeness (QED) is 0.235. The summed E-state index contributed by atoms with van der Waals surface area (Å²) in [7, 11) is 0. The summed E-state index contributed by atoms with van der Waals surface area (Å²) in [4.78, 5) is 0. The fraction of sp³-hybridized carbons (Fsp3) is 0.793. The van der Waals surface area contributed by atoms with Gasteiger partial charge >= 0.3 is 0 Å². The summed E-state index contributed by atoms with van der Waals surface area (Å²) in [5.41, 5.74) is 1.45.